The maximum atomic E-state index is 9.68. The summed E-state index contributed by atoms with van der Waals surface area (Å²) in [7, 11) is 1.59. The Kier molecular flexibility index (Phi) is 4.12. The van der Waals surface area contributed by atoms with Crippen LogP contribution < -0.4 is 5.73 Å². The molecule has 0 radical (unpaired) electrons. The molecule has 10 nitrogen and oxygen atoms in total. The number of anilines is 1. The van der Waals surface area contributed by atoms with Crippen molar-refractivity contribution in [2.24, 2.45) is 0 Å². The number of methoxy groups -OCH3 is 1. The van der Waals surface area contributed by atoms with Crippen LogP contribution in [0.4, 0.5) is 5.82 Å². The summed E-state index contributed by atoms with van der Waals surface area (Å²) in [5.74, 6) is -0.456. The van der Waals surface area contributed by atoms with Crippen LogP contribution in [0.3, 0.4) is 0 Å². The number of nitrogens with zero attached hydrogens (tertiary/aromatic N) is 4. The molecule has 0 saturated carbocycles. The SMILES string of the molecule is CO[C@H](C)c1nn([C@@H]2O[C@H](CO)[C@H]3OC(C)(C)O[C@H]32)c2ncnc(N)c12. The van der Waals surface area contributed by atoms with Crippen molar-refractivity contribution in [3.05, 3.63) is 12.0 Å². The Hall–Kier alpha value is -1.85. The molecule has 2 aliphatic heterocycles. The normalized spacial score (nSPS) is 31.4. The second kappa shape index (κ2) is 6.10. The minimum atomic E-state index is -0.773. The molecule has 10 heteroatoms. The smallest absolute Gasteiger partial charge is 0.181 e. The fraction of sp³-hybridized carbons (Fsp3) is 0.688. The Bertz CT molecular complexity index is 825. The molecule has 0 aromatic carbocycles. The highest BCUT2D eigenvalue weighted by atomic mass is 16.8. The van der Waals surface area contributed by atoms with Gasteiger partial charge in [-0.1, -0.05) is 0 Å². The summed E-state index contributed by atoms with van der Waals surface area (Å²) in [4.78, 5) is 8.41. The fourth-order valence-corrected chi connectivity index (χ4v) is 3.60. The zero-order chi connectivity index (χ0) is 18.6. The van der Waals surface area contributed by atoms with Crippen LogP contribution in [0, 0.1) is 0 Å². The van der Waals surface area contributed by atoms with Gasteiger partial charge in [0.05, 0.1) is 18.1 Å². The minimum absolute atomic E-state index is 0.186. The lowest BCUT2D eigenvalue weighted by Gasteiger charge is -2.23. The number of fused-ring (bicyclic) bond motifs is 2. The number of hydrogen-bond donors (Lipinski definition) is 2. The number of nitrogens with two attached hydrogens (primary N) is 1. The van der Waals surface area contributed by atoms with Crippen molar-refractivity contribution in [3.63, 3.8) is 0 Å². The van der Waals surface area contributed by atoms with E-state index >= 15 is 0 Å². The lowest BCUT2D eigenvalue weighted by molar-refractivity contribution is -0.201. The molecule has 142 valence electrons. The van der Waals surface area contributed by atoms with Crippen molar-refractivity contribution in [3.8, 4) is 0 Å². The van der Waals surface area contributed by atoms with Crippen LogP contribution in [0.2, 0.25) is 0 Å². The van der Waals surface area contributed by atoms with Crippen LogP contribution in [0.25, 0.3) is 11.0 Å². The van der Waals surface area contributed by atoms with E-state index in [4.69, 9.17) is 24.7 Å². The quantitative estimate of drug-likeness (QED) is 0.797. The van der Waals surface area contributed by atoms with Gasteiger partial charge in [0.1, 0.15) is 36.2 Å². The number of aliphatic hydroxyl groups is 1. The Morgan fingerprint density at radius 2 is 2.08 bits per heavy atom. The molecule has 2 aromatic heterocycles. The minimum Gasteiger partial charge on any atom is -0.394 e. The van der Waals surface area contributed by atoms with Crippen LogP contribution in [0.5, 0.6) is 0 Å². The van der Waals surface area contributed by atoms with Gasteiger partial charge in [-0.15, -0.1) is 0 Å². The largest absolute Gasteiger partial charge is 0.394 e. The molecule has 4 heterocycles. The molecule has 3 N–H and O–H groups in total. The molecule has 5 atom stereocenters. The Balaban J connectivity index is 1.83. The van der Waals surface area contributed by atoms with Crippen LogP contribution in [-0.4, -0.2) is 62.7 Å². The van der Waals surface area contributed by atoms with Crippen molar-refractivity contribution in [2.45, 2.75) is 57.2 Å². The fourth-order valence-electron chi connectivity index (χ4n) is 3.60. The number of hydrogen-bond acceptors (Lipinski definition) is 9. The Morgan fingerprint density at radius 3 is 2.77 bits per heavy atom. The van der Waals surface area contributed by atoms with Crippen molar-refractivity contribution >= 4 is 16.9 Å². The number of nitrogen functional groups attached to an aromatic ring is 1. The number of aromatic nitrogens is 4. The lowest BCUT2D eigenvalue weighted by atomic mass is 10.1. The molecule has 4 rings (SSSR count). The van der Waals surface area contributed by atoms with Gasteiger partial charge >= 0.3 is 0 Å². The van der Waals surface area contributed by atoms with Crippen LogP contribution >= 0.6 is 0 Å². The van der Waals surface area contributed by atoms with Crippen LogP contribution in [0.15, 0.2) is 6.33 Å². The molecular formula is C16H23N5O5. The molecule has 0 amide bonds. The van der Waals surface area contributed by atoms with Gasteiger partial charge in [0.2, 0.25) is 0 Å². The average molecular weight is 365 g/mol. The monoisotopic (exact) mass is 365 g/mol. The van der Waals surface area contributed by atoms with Gasteiger partial charge in [-0.2, -0.15) is 5.10 Å². The molecule has 26 heavy (non-hydrogen) atoms. The molecule has 0 bridgehead atoms. The van der Waals surface area contributed by atoms with E-state index in [0.29, 0.717) is 22.5 Å². The van der Waals surface area contributed by atoms with Gasteiger partial charge in [-0.05, 0) is 20.8 Å². The topological polar surface area (TPSA) is 127 Å². The Labute approximate surface area is 150 Å². The van der Waals surface area contributed by atoms with E-state index in [9.17, 15) is 5.11 Å². The molecule has 0 aliphatic carbocycles. The molecule has 0 unspecified atom stereocenters. The Morgan fingerprint density at radius 1 is 1.35 bits per heavy atom. The summed E-state index contributed by atoms with van der Waals surface area (Å²) in [6.07, 6.45) is -0.908. The van der Waals surface area contributed by atoms with E-state index in [1.807, 2.05) is 20.8 Å². The maximum absolute atomic E-state index is 9.68. The van der Waals surface area contributed by atoms with E-state index in [-0.39, 0.29) is 12.7 Å². The predicted octanol–water partition coefficient (Wildman–Crippen LogP) is 0.526. The van der Waals surface area contributed by atoms with E-state index in [0.717, 1.165) is 0 Å². The predicted molar refractivity (Wildman–Crippen MR) is 90.0 cm³/mol. The third kappa shape index (κ3) is 2.57. The third-order valence-corrected chi connectivity index (χ3v) is 4.83. The van der Waals surface area contributed by atoms with E-state index in [1.165, 1.54) is 6.33 Å². The average Bonchev–Trinajstić information content (AvgIpc) is 3.23. The third-order valence-electron chi connectivity index (χ3n) is 4.83. The highest BCUT2D eigenvalue weighted by Gasteiger charge is 2.56. The van der Waals surface area contributed by atoms with Crippen LogP contribution in [-0.2, 0) is 18.9 Å². The first-order chi connectivity index (χ1) is 12.4. The summed E-state index contributed by atoms with van der Waals surface area (Å²) < 4.78 is 25.0. The van der Waals surface area contributed by atoms with Gasteiger partial charge in [0.25, 0.3) is 0 Å². The van der Waals surface area contributed by atoms with Crippen molar-refractivity contribution in [1.29, 1.82) is 0 Å². The van der Waals surface area contributed by atoms with Crippen molar-refractivity contribution in [2.75, 3.05) is 19.5 Å². The zero-order valence-electron chi connectivity index (χ0n) is 15.1. The number of ether oxygens (including phenoxy) is 4. The first kappa shape index (κ1) is 17.6. The molecule has 2 saturated heterocycles. The summed E-state index contributed by atoms with van der Waals surface area (Å²) >= 11 is 0. The van der Waals surface area contributed by atoms with E-state index in [1.54, 1.807) is 11.8 Å². The highest BCUT2D eigenvalue weighted by Crippen LogP contribution is 2.44. The molecule has 2 aliphatic rings. The number of rotatable bonds is 4. The van der Waals surface area contributed by atoms with Gasteiger partial charge < -0.3 is 29.8 Å². The molecule has 2 fully saturated rings. The molecular weight excluding hydrogens is 342 g/mol. The zero-order valence-corrected chi connectivity index (χ0v) is 15.1. The second-order valence-corrected chi connectivity index (χ2v) is 6.98. The summed E-state index contributed by atoms with van der Waals surface area (Å²) in [5.41, 5.74) is 7.21. The summed E-state index contributed by atoms with van der Waals surface area (Å²) in [6.45, 7) is 5.34. The van der Waals surface area contributed by atoms with Crippen LogP contribution in [0.1, 0.15) is 38.8 Å². The van der Waals surface area contributed by atoms with Gasteiger partial charge in [-0.25, -0.2) is 14.6 Å². The first-order valence-corrected chi connectivity index (χ1v) is 8.49. The van der Waals surface area contributed by atoms with Crippen molar-refractivity contribution < 1.29 is 24.1 Å². The van der Waals surface area contributed by atoms with Gasteiger partial charge in [0, 0.05) is 7.11 Å². The van der Waals surface area contributed by atoms with E-state index in [2.05, 4.69) is 15.1 Å². The second-order valence-electron chi connectivity index (χ2n) is 6.98. The highest BCUT2D eigenvalue weighted by molar-refractivity contribution is 5.88. The van der Waals surface area contributed by atoms with Crippen molar-refractivity contribution in [1.82, 2.24) is 19.7 Å². The maximum Gasteiger partial charge on any atom is 0.181 e. The molecule has 0 spiro atoms. The molecule has 2 aromatic rings. The van der Waals surface area contributed by atoms with E-state index < -0.39 is 30.3 Å². The summed E-state index contributed by atoms with van der Waals surface area (Å²) in [5, 5.41) is 14.9. The number of aliphatic hydroxyl groups excluding tert-OH is 1. The lowest BCUT2D eigenvalue weighted by Crippen LogP contribution is -2.31. The van der Waals surface area contributed by atoms with Gasteiger partial charge in [0.15, 0.2) is 17.7 Å². The summed E-state index contributed by atoms with van der Waals surface area (Å²) in [6, 6.07) is 0. The van der Waals surface area contributed by atoms with Gasteiger partial charge in [-0.3, -0.25) is 0 Å². The first-order valence-electron chi connectivity index (χ1n) is 8.49. The standard InChI is InChI=1S/C16H23N5O5/c1-7(23-4)10-9-13(17)18-6-19-14(9)21(20-10)15-12-11(8(5-22)24-15)25-16(2,3)26-12/h6-8,11-12,15,22H,5H2,1-4H3,(H2,17,18,19)/t7-,8-,11-,12-,15-/m1/s1.